The van der Waals surface area contributed by atoms with E-state index >= 15 is 0 Å². The van der Waals surface area contributed by atoms with Crippen LogP contribution in [0, 0.1) is 0 Å². The van der Waals surface area contributed by atoms with Gasteiger partial charge in [0.15, 0.2) is 0 Å². The molecule has 0 aromatic carbocycles. The molecule has 1 amide bonds. The number of hydrogen-bond acceptors (Lipinski definition) is 4. The molecule has 0 heterocycles. The number of carbonyl (C=O) groups excluding carboxylic acids is 1. The topological polar surface area (TPSA) is 92.4 Å². The van der Waals surface area contributed by atoms with Gasteiger partial charge in [-0.2, -0.15) is 12.6 Å². The van der Waals surface area contributed by atoms with Gasteiger partial charge in [0.1, 0.15) is 6.54 Å². The van der Waals surface area contributed by atoms with E-state index in [2.05, 4.69) is 12.6 Å². The van der Waals surface area contributed by atoms with Crippen LogP contribution >= 0.6 is 12.6 Å². The van der Waals surface area contributed by atoms with E-state index in [1.54, 1.807) is 0 Å². The zero-order valence-electron chi connectivity index (χ0n) is 6.86. The minimum atomic E-state index is -1.04. The number of aliphatic carboxylic acids is 1. The Kier molecular flexibility index (Phi) is 11.8. The van der Waals surface area contributed by atoms with E-state index in [0.29, 0.717) is 6.41 Å². The predicted molar refractivity (Wildman–Crippen MR) is 49.2 cm³/mol. The molecule has 0 aliphatic carbocycles. The molecule has 0 radical (unpaired) electrons. The molecule has 5 nitrogen and oxygen atoms in total. The first-order valence-corrected chi connectivity index (χ1v) is 3.93. The van der Waals surface area contributed by atoms with Crippen molar-refractivity contribution in [2.75, 3.05) is 12.3 Å². The SMILES string of the molecule is CC(N)CS.O=CNCC(=O)O. The van der Waals surface area contributed by atoms with Crippen LogP contribution in [0.2, 0.25) is 0 Å². The van der Waals surface area contributed by atoms with Crippen molar-refractivity contribution in [3.8, 4) is 0 Å². The number of amides is 1. The van der Waals surface area contributed by atoms with Crippen molar-refractivity contribution in [3.05, 3.63) is 0 Å². The molecule has 0 saturated carbocycles. The third-order valence-corrected chi connectivity index (χ3v) is 1.20. The quantitative estimate of drug-likeness (QED) is 0.344. The summed E-state index contributed by atoms with van der Waals surface area (Å²) in [4.78, 5) is 18.9. The normalized spacial score (nSPS) is 10.6. The number of thiol groups is 1. The second kappa shape index (κ2) is 10.2. The van der Waals surface area contributed by atoms with Crippen molar-refractivity contribution in [2.24, 2.45) is 5.73 Å². The highest BCUT2D eigenvalue weighted by atomic mass is 32.1. The van der Waals surface area contributed by atoms with Gasteiger partial charge < -0.3 is 16.2 Å². The molecule has 0 aromatic heterocycles. The molecule has 0 aromatic rings. The Labute approximate surface area is 76.7 Å². The van der Waals surface area contributed by atoms with Gasteiger partial charge in [0.05, 0.1) is 0 Å². The van der Waals surface area contributed by atoms with E-state index in [9.17, 15) is 9.59 Å². The summed E-state index contributed by atoms with van der Waals surface area (Å²) in [6.07, 6.45) is 0.341. The summed E-state index contributed by atoms with van der Waals surface area (Å²) in [5, 5.41) is 9.79. The highest BCUT2D eigenvalue weighted by Crippen LogP contribution is 1.75. The fraction of sp³-hybridized carbons (Fsp3) is 0.667. The van der Waals surface area contributed by atoms with Crippen LogP contribution in [0.1, 0.15) is 6.92 Å². The van der Waals surface area contributed by atoms with Crippen LogP contribution in [0.4, 0.5) is 0 Å². The van der Waals surface area contributed by atoms with Crippen LogP contribution in [0.5, 0.6) is 0 Å². The van der Waals surface area contributed by atoms with Gasteiger partial charge in [0, 0.05) is 11.8 Å². The molecular formula is C6H14N2O3S. The molecule has 4 N–H and O–H groups in total. The summed E-state index contributed by atoms with van der Waals surface area (Å²) < 4.78 is 0. The second-order valence-corrected chi connectivity index (χ2v) is 2.42. The molecule has 0 rings (SSSR count). The van der Waals surface area contributed by atoms with Gasteiger partial charge in [-0.3, -0.25) is 9.59 Å². The van der Waals surface area contributed by atoms with Crippen LogP contribution in [0.3, 0.4) is 0 Å². The maximum Gasteiger partial charge on any atom is 0.322 e. The maximum absolute atomic E-state index is 9.54. The lowest BCUT2D eigenvalue weighted by molar-refractivity contribution is -0.136. The van der Waals surface area contributed by atoms with Gasteiger partial charge in [-0.1, -0.05) is 0 Å². The van der Waals surface area contributed by atoms with Gasteiger partial charge in [-0.05, 0) is 6.92 Å². The second-order valence-electron chi connectivity index (χ2n) is 2.05. The lowest BCUT2D eigenvalue weighted by Crippen LogP contribution is -2.20. The van der Waals surface area contributed by atoms with Gasteiger partial charge in [0.2, 0.25) is 6.41 Å². The fourth-order valence-corrected chi connectivity index (χ4v) is 0.129. The smallest absolute Gasteiger partial charge is 0.322 e. The molecule has 1 atom stereocenters. The zero-order chi connectivity index (χ0) is 9.98. The number of hydrogen-bond donors (Lipinski definition) is 4. The van der Waals surface area contributed by atoms with Crippen molar-refractivity contribution in [2.45, 2.75) is 13.0 Å². The van der Waals surface area contributed by atoms with Crippen LogP contribution in [0.25, 0.3) is 0 Å². The number of nitrogens with one attached hydrogen (secondary N) is 1. The molecule has 0 bridgehead atoms. The monoisotopic (exact) mass is 194 g/mol. The average molecular weight is 194 g/mol. The van der Waals surface area contributed by atoms with Crippen LogP contribution in [0.15, 0.2) is 0 Å². The highest BCUT2D eigenvalue weighted by molar-refractivity contribution is 7.80. The molecule has 0 aliphatic rings. The summed E-state index contributed by atoms with van der Waals surface area (Å²) in [6.45, 7) is 1.62. The first-order valence-electron chi connectivity index (χ1n) is 3.29. The molecular weight excluding hydrogens is 180 g/mol. The molecule has 0 fully saturated rings. The third-order valence-electron chi connectivity index (χ3n) is 0.625. The molecule has 1 unspecified atom stereocenters. The summed E-state index contributed by atoms with van der Waals surface area (Å²) in [7, 11) is 0. The van der Waals surface area contributed by atoms with Gasteiger partial charge >= 0.3 is 5.97 Å². The third kappa shape index (κ3) is 22.8. The van der Waals surface area contributed by atoms with Crippen molar-refractivity contribution in [1.82, 2.24) is 5.32 Å². The molecule has 6 heteroatoms. The van der Waals surface area contributed by atoms with E-state index < -0.39 is 5.97 Å². The maximum atomic E-state index is 9.54. The van der Waals surface area contributed by atoms with Gasteiger partial charge in [-0.25, -0.2) is 0 Å². The lowest BCUT2D eigenvalue weighted by atomic mass is 10.4. The lowest BCUT2D eigenvalue weighted by Gasteiger charge is -1.91. The fourth-order valence-electron chi connectivity index (χ4n) is 0.129. The number of rotatable bonds is 4. The van der Waals surface area contributed by atoms with E-state index in [1.165, 1.54) is 0 Å². The minimum Gasteiger partial charge on any atom is -0.480 e. The van der Waals surface area contributed by atoms with Gasteiger partial charge in [0.25, 0.3) is 0 Å². The van der Waals surface area contributed by atoms with Crippen molar-refractivity contribution in [1.29, 1.82) is 0 Å². The Hall–Kier alpha value is -0.750. The summed E-state index contributed by atoms with van der Waals surface area (Å²) in [5.74, 6) is -0.257. The Bertz CT molecular complexity index is 130. The van der Waals surface area contributed by atoms with Crippen molar-refractivity contribution in [3.63, 3.8) is 0 Å². The molecule has 72 valence electrons. The van der Waals surface area contributed by atoms with E-state index in [0.717, 1.165) is 5.75 Å². The predicted octanol–water partition coefficient (Wildman–Crippen LogP) is -0.920. The Morgan fingerprint density at radius 3 is 2.33 bits per heavy atom. The van der Waals surface area contributed by atoms with E-state index in [4.69, 9.17) is 10.8 Å². The van der Waals surface area contributed by atoms with Crippen molar-refractivity contribution < 1.29 is 14.7 Å². The van der Waals surface area contributed by atoms with Crippen LogP contribution in [-0.4, -0.2) is 35.8 Å². The number of carboxylic acid groups (broad SMARTS) is 1. The van der Waals surface area contributed by atoms with Gasteiger partial charge in [-0.15, -0.1) is 0 Å². The first-order chi connectivity index (χ1) is 5.54. The highest BCUT2D eigenvalue weighted by Gasteiger charge is 1.88. The Morgan fingerprint density at radius 2 is 2.25 bits per heavy atom. The number of carboxylic acids is 1. The Balaban J connectivity index is 0. The first kappa shape index (κ1) is 13.8. The van der Waals surface area contributed by atoms with Crippen LogP contribution < -0.4 is 11.1 Å². The molecule has 0 spiro atoms. The minimum absolute atomic E-state index is 0.248. The number of nitrogens with two attached hydrogens (primary N) is 1. The average Bonchev–Trinajstić information content (AvgIpc) is 2.02. The Morgan fingerprint density at radius 1 is 1.83 bits per heavy atom. The summed E-state index contributed by atoms with van der Waals surface area (Å²) in [6, 6.07) is 0.248. The summed E-state index contributed by atoms with van der Waals surface area (Å²) >= 11 is 3.89. The van der Waals surface area contributed by atoms with E-state index in [-0.39, 0.29) is 12.6 Å². The standard InChI is InChI=1S/C3H5NO3.C3H9NS/c5-2-4-1-3(6)7;1-3(4)2-5/h2H,1H2,(H,4,5)(H,6,7);3,5H,2,4H2,1H3. The molecule has 0 aliphatic heterocycles. The van der Waals surface area contributed by atoms with Crippen molar-refractivity contribution >= 4 is 25.0 Å². The van der Waals surface area contributed by atoms with Crippen LogP contribution in [-0.2, 0) is 9.59 Å². The van der Waals surface area contributed by atoms with E-state index in [1.807, 2.05) is 12.2 Å². The number of carbonyl (C=O) groups is 2. The molecule has 12 heavy (non-hydrogen) atoms. The summed E-state index contributed by atoms with van der Waals surface area (Å²) in [5.41, 5.74) is 5.22. The zero-order valence-corrected chi connectivity index (χ0v) is 7.75. The molecule has 0 saturated heterocycles. The largest absolute Gasteiger partial charge is 0.480 e.